The zero-order chi connectivity index (χ0) is 17.5. The third-order valence-electron chi connectivity index (χ3n) is 5.29. The number of piperidine rings is 1. The fourth-order valence-corrected chi connectivity index (χ4v) is 3.64. The largest absolute Gasteiger partial charge is 0.377 e. The van der Waals surface area contributed by atoms with E-state index in [-0.39, 0.29) is 11.8 Å². The Hall–Kier alpha value is -1.43. The Morgan fingerprint density at radius 1 is 1.24 bits per heavy atom. The van der Waals surface area contributed by atoms with E-state index in [1.807, 2.05) is 37.4 Å². The smallest absolute Gasteiger partial charge is 0.229 e. The minimum absolute atomic E-state index is 0.134. The number of amides is 1. The van der Waals surface area contributed by atoms with E-state index in [0.717, 1.165) is 70.8 Å². The fourth-order valence-electron chi connectivity index (χ4n) is 3.64. The van der Waals surface area contributed by atoms with Crippen LogP contribution in [0.25, 0.3) is 0 Å². The Balaban J connectivity index is 1.34. The molecule has 2 heterocycles. The second-order valence-electron chi connectivity index (χ2n) is 7.06. The van der Waals surface area contributed by atoms with Crippen LogP contribution in [-0.4, -0.2) is 63.4 Å². The maximum atomic E-state index is 12.7. The third-order valence-corrected chi connectivity index (χ3v) is 5.29. The molecule has 0 aromatic heterocycles. The van der Waals surface area contributed by atoms with Gasteiger partial charge in [0.1, 0.15) is 0 Å². The van der Waals surface area contributed by atoms with Crippen LogP contribution in [0.1, 0.15) is 25.7 Å². The van der Waals surface area contributed by atoms with E-state index in [1.165, 1.54) is 0 Å². The molecule has 0 bridgehead atoms. The summed E-state index contributed by atoms with van der Waals surface area (Å²) in [5.41, 5.74) is 0.970. The quantitative estimate of drug-likeness (QED) is 0.712. The summed E-state index contributed by atoms with van der Waals surface area (Å²) in [6, 6.07) is 9.88. The van der Waals surface area contributed by atoms with Crippen molar-refractivity contribution >= 4 is 11.6 Å². The zero-order valence-corrected chi connectivity index (χ0v) is 15.2. The van der Waals surface area contributed by atoms with Gasteiger partial charge in [0.25, 0.3) is 0 Å². The normalized spacial score (nSPS) is 22.2. The van der Waals surface area contributed by atoms with Gasteiger partial charge in [0, 0.05) is 31.8 Å². The molecule has 0 saturated carbocycles. The maximum absolute atomic E-state index is 12.7. The molecule has 0 unspecified atom stereocenters. The molecule has 0 N–H and O–H groups in total. The number of para-hydroxylation sites is 1. The summed E-state index contributed by atoms with van der Waals surface area (Å²) in [4.78, 5) is 16.9. The van der Waals surface area contributed by atoms with Gasteiger partial charge in [-0.2, -0.15) is 0 Å². The number of carbonyl (C=O) groups excluding carboxylic acids is 1. The van der Waals surface area contributed by atoms with Crippen LogP contribution in [0.4, 0.5) is 5.69 Å². The monoisotopic (exact) mass is 346 g/mol. The first kappa shape index (κ1) is 18.4. The van der Waals surface area contributed by atoms with Crippen LogP contribution in [-0.2, 0) is 14.3 Å². The number of anilines is 1. The highest BCUT2D eigenvalue weighted by molar-refractivity contribution is 5.94. The standard InChI is InChI=1S/C20H30N2O3/c1-21(18-6-3-2-4-7-18)20(23)17-9-11-22(12-10-17)13-15-24-16-19-8-5-14-25-19/h2-4,6-7,17,19H,5,8-16H2,1H3/t19-/m0/s1. The highest BCUT2D eigenvalue weighted by atomic mass is 16.5. The van der Waals surface area contributed by atoms with Crippen LogP contribution in [0.15, 0.2) is 30.3 Å². The molecule has 5 heteroatoms. The van der Waals surface area contributed by atoms with Crippen molar-refractivity contribution in [3.8, 4) is 0 Å². The maximum Gasteiger partial charge on any atom is 0.229 e. The van der Waals surface area contributed by atoms with Gasteiger partial charge < -0.3 is 19.3 Å². The first-order valence-electron chi connectivity index (χ1n) is 9.48. The van der Waals surface area contributed by atoms with Crippen molar-refractivity contribution < 1.29 is 14.3 Å². The number of ether oxygens (including phenoxy) is 2. The molecule has 1 amide bonds. The number of rotatable bonds is 7. The molecule has 1 atom stereocenters. The minimum Gasteiger partial charge on any atom is -0.377 e. The average Bonchev–Trinajstić information content (AvgIpc) is 3.19. The van der Waals surface area contributed by atoms with E-state index in [9.17, 15) is 4.79 Å². The molecule has 2 aliphatic heterocycles. The number of nitrogens with zero attached hydrogens (tertiary/aromatic N) is 2. The minimum atomic E-state index is 0.134. The van der Waals surface area contributed by atoms with Crippen LogP contribution < -0.4 is 4.90 Å². The topological polar surface area (TPSA) is 42.0 Å². The van der Waals surface area contributed by atoms with Crippen LogP contribution in [0.5, 0.6) is 0 Å². The number of carbonyl (C=O) groups is 1. The van der Waals surface area contributed by atoms with Gasteiger partial charge in [-0.15, -0.1) is 0 Å². The van der Waals surface area contributed by atoms with Gasteiger partial charge in [0.2, 0.25) is 5.91 Å². The van der Waals surface area contributed by atoms with E-state index in [4.69, 9.17) is 9.47 Å². The van der Waals surface area contributed by atoms with Crippen molar-refractivity contribution in [1.29, 1.82) is 0 Å². The molecular formula is C20H30N2O3. The van der Waals surface area contributed by atoms with Gasteiger partial charge in [-0.1, -0.05) is 18.2 Å². The second-order valence-corrected chi connectivity index (χ2v) is 7.06. The van der Waals surface area contributed by atoms with E-state index >= 15 is 0 Å². The van der Waals surface area contributed by atoms with E-state index < -0.39 is 0 Å². The Kier molecular flexibility index (Phi) is 6.84. The Morgan fingerprint density at radius 3 is 2.68 bits per heavy atom. The van der Waals surface area contributed by atoms with Crippen molar-refractivity contribution in [2.45, 2.75) is 31.8 Å². The lowest BCUT2D eigenvalue weighted by Gasteiger charge is -2.33. The Bertz CT molecular complexity index is 523. The predicted molar refractivity (Wildman–Crippen MR) is 98.8 cm³/mol. The van der Waals surface area contributed by atoms with Crippen molar-refractivity contribution in [2.75, 3.05) is 51.4 Å². The van der Waals surface area contributed by atoms with Gasteiger partial charge in [-0.3, -0.25) is 4.79 Å². The third kappa shape index (κ3) is 5.27. The molecule has 2 aliphatic rings. The second kappa shape index (κ2) is 9.32. The SMILES string of the molecule is CN(C(=O)C1CCN(CCOC[C@@H]2CCCO2)CC1)c1ccccc1. The lowest BCUT2D eigenvalue weighted by Crippen LogP contribution is -2.42. The lowest BCUT2D eigenvalue weighted by atomic mass is 9.95. The molecule has 25 heavy (non-hydrogen) atoms. The number of likely N-dealkylation sites (tertiary alicyclic amines) is 1. The molecule has 2 fully saturated rings. The Morgan fingerprint density at radius 2 is 2.00 bits per heavy atom. The zero-order valence-electron chi connectivity index (χ0n) is 15.2. The van der Waals surface area contributed by atoms with Crippen molar-refractivity contribution in [2.24, 2.45) is 5.92 Å². The van der Waals surface area contributed by atoms with E-state index in [1.54, 1.807) is 4.90 Å². The summed E-state index contributed by atoms with van der Waals surface area (Å²) in [6.45, 7) is 5.25. The molecule has 5 nitrogen and oxygen atoms in total. The van der Waals surface area contributed by atoms with Gasteiger partial charge in [-0.25, -0.2) is 0 Å². The molecule has 3 rings (SSSR count). The summed E-state index contributed by atoms with van der Waals surface area (Å²) < 4.78 is 11.3. The molecule has 138 valence electrons. The average molecular weight is 346 g/mol. The summed E-state index contributed by atoms with van der Waals surface area (Å²) in [7, 11) is 1.88. The van der Waals surface area contributed by atoms with Crippen LogP contribution >= 0.6 is 0 Å². The summed E-state index contributed by atoms with van der Waals surface area (Å²) >= 11 is 0. The molecule has 2 saturated heterocycles. The predicted octanol–water partition coefficient (Wildman–Crippen LogP) is 2.56. The molecule has 0 radical (unpaired) electrons. The highest BCUT2D eigenvalue weighted by Crippen LogP contribution is 2.22. The van der Waals surface area contributed by atoms with Crippen molar-refractivity contribution in [1.82, 2.24) is 4.90 Å². The molecule has 1 aromatic rings. The van der Waals surface area contributed by atoms with Crippen LogP contribution in [0.3, 0.4) is 0 Å². The summed E-state index contributed by atoms with van der Waals surface area (Å²) in [6.07, 6.45) is 4.45. The fraction of sp³-hybridized carbons (Fsp3) is 0.650. The molecule has 0 aliphatic carbocycles. The van der Waals surface area contributed by atoms with E-state index in [0.29, 0.717) is 6.10 Å². The van der Waals surface area contributed by atoms with Gasteiger partial charge >= 0.3 is 0 Å². The number of benzene rings is 1. The summed E-state index contributed by atoms with van der Waals surface area (Å²) in [5, 5.41) is 0. The van der Waals surface area contributed by atoms with Gasteiger partial charge in [0.05, 0.1) is 19.3 Å². The van der Waals surface area contributed by atoms with Crippen molar-refractivity contribution in [3.05, 3.63) is 30.3 Å². The lowest BCUT2D eigenvalue weighted by molar-refractivity contribution is -0.123. The van der Waals surface area contributed by atoms with Gasteiger partial charge in [0.15, 0.2) is 0 Å². The van der Waals surface area contributed by atoms with Crippen LogP contribution in [0, 0.1) is 5.92 Å². The molecular weight excluding hydrogens is 316 g/mol. The number of hydrogen-bond donors (Lipinski definition) is 0. The number of hydrogen-bond acceptors (Lipinski definition) is 4. The van der Waals surface area contributed by atoms with E-state index in [2.05, 4.69) is 4.90 Å². The highest BCUT2D eigenvalue weighted by Gasteiger charge is 2.27. The van der Waals surface area contributed by atoms with Crippen LogP contribution in [0.2, 0.25) is 0 Å². The summed E-state index contributed by atoms with van der Waals surface area (Å²) in [5.74, 6) is 0.370. The molecule has 0 spiro atoms. The van der Waals surface area contributed by atoms with Crippen molar-refractivity contribution in [3.63, 3.8) is 0 Å². The molecule has 1 aromatic carbocycles. The first-order valence-corrected chi connectivity index (χ1v) is 9.48. The Labute approximate surface area is 150 Å². The first-order chi connectivity index (χ1) is 12.2. The van der Waals surface area contributed by atoms with Gasteiger partial charge in [-0.05, 0) is 50.9 Å².